The highest BCUT2D eigenvalue weighted by Gasteiger charge is 2.65. The molecule has 256 valence electrons. The van der Waals surface area contributed by atoms with Crippen LogP contribution in [0.3, 0.4) is 0 Å². The first kappa shape index (κ1) is 34.2. The van der Waals surface area contributed by atoms with E-state index in [0.29, 0.717) is 54.0 Å². The van der Waals surface area contributed by atoms with E-state index in [-0.39, 0.29) is 24.0 Å². The van der Waals surface area contributed by atoms with Gasteiger partial charge in [-0.15, -0.1) is 0 Å². The van der Waals surface area contributed by atoms with E-state index in [1.807, 2.05) is 18.2 Å². The fourth-order valence-corrected chi connectivity index (χ4v) is 13.3. The monoisotopic (exact) mass is 649 g/mol. The fraction of sp³-hybridized carbons (Fsp3) is 0.800. The minimum absolute atomic E-state index is 0.0640. The smallest absolute Gasteiger partial charge is 0.416 e. The van der Waals surface area contributed by atoms with Crippen LogP contribution >= 0.6 is 0 Å². The lowest BCUT2D eigenvalue weighted by atomic mass is 9.41. The standard InChI is InChI=1S/C40H63NO4Si/c1-9-30-34-23-26(2)19-21-40(34,5)33-20-22-39(4)31(16-17-32(39)36(33)37(30)45-46(6,7)8)27(3)15-18-35(42)41-29(25-44-38(41)43)24-28-13-11-10-12-14-28/h10-14,26-27,29-34,36-37H,9,15-25H2,1-8H3/t26-,27-,29-,30-,31-,32+,33+,34+,36+,37-,39-,40-/m1/s1. The van der Waals surface area contributed by atoms with Crippen molar-refractivity contribution in [2.24, 2.45) is 58.2 Å². The van der Waals surface area contributed by atoms with Gasteiger partial charge in [-0.2, -0.15) is 0 Å². The SMILES string of the molecule is CC[C@H]1[C@@H](O[Si](C)(C)C)[C@@H]2[C@H](CC[C@]3(C)[C@@H]([C@H](C)CCC(=O)N4C(=O)OC[C@H]4Cc4ccccc4)CC[C@@H]23)[C@@]2(C)CC[C@@H](C)C[C@@H]12. The Balaban J connectivity index is 1.18. The molecule has 6 heteroatoms. The van der Waals surface area contributed by atoms with Crippen LogP contribution in [-0.2, 0) is 20.4 Å². The number of hydrogen-bond acceptors (Lipinski definition) is 4. The molecular weight excluding hydrogens is 587 g/mol. The molecule has 6 rings (SSSR count). The third-order valence-electron chi connectivity index (χ3n) is 14.3. The Kier molecular flexibility index (Phi) is 9.66. The molecule has 5 fully saturated rings. The van der Waals surface area contributed by atoms with Gasteiger partial charge in [-0.1, -0.05) is 77.8 Å². The van der Waals surface area contributed by atoms with E-state index in [4.69, 9.17) is 9.16 Å². The van der Waals surface area contributed by atoms with Gasteiger partial charge in [0.25, 0.3) is 0 Å². The van der Waals surface area contributed by atoms with Gasteiger partial charge in [0, 0.05) is 6.42 Å². The van der Waals surface area contributed by atoms with Crippen LogP contribution in [-0.4, -0.2) is 44.0 Å². The molecule has 0 radical (unpaired) electrons. The molecule has 0 spiro atoms. The normalized spacial score (nSPS) is 41.3. The Morgan fingerprint density at radius 2 is 1.72 bits per heavy atom. The van der Waals surface area contributed by atoms with Gasteiger partial charge in [-0.3, -0.25) is 4.79 Å². The average Bonchev–Trinajstić information content (AvgIpc) is 3.55. The summed E-state index contributed by atoms with van der Waals surface area (Å²) >= 11 is 0. The number of fused-ring (bicyclic) bond motifs is 5. The topological polar surface area (TPSA) is 55.8 Å². The Labute approximate surface area is 281 Å². The summed E-state index contributed by atoms with van der Waals surface area (Å²) in [6.07, 6.45) is 12.5. The number of hydrogen-bond donors (Lipinski definition) is 0. The highest BCUT2D eigenvalue weighted by atomic mass is 28.4. The second kappa shape index (κ2) is 13.0. The second-order valence-corrected chi connectivity index (χ2v) is 22.4. The maximum atomic E-state index is 13.6. The van der Waals surface area contributed by atoms with Gasteiger partial charge in [-0.05, 0) is 135 Å². The molecule has 5 aliphatic rings. The third kappa shape index (κ3) is 6.16. The van der Waals surface area contributed by atoms with Crippen LogP contribution in [0.2, 0.25) is 19.6 Å². The van der Waals surface area contributed by atoms with Crippen LogP contribution < -0.4 is 0 Å². The van der Waals surface area contributed by atoms with Crippen LogP contribution in [0.4, 0.5) is 4.79 Å². The van der Waals surface area contributed by atoms with Gasteiger partial charge in [-0.25, -0.2) is 9.69 Å². The van der Waals surface area contributed by atoms with Crippen LogP contribution in [0.1, 0.15) is 104 Å². The number of carbonyl (C=O) groups is 2. The van der Waals surface area contributed by atoms with Gasteiger partial charge >= 0.3 is 6.09 Å². The number of imide groups is 1. The lowest BCUT2D eigenvalue weighted by Gasteiger charge is -2.66. The zero-order valence-corrected chi connectivity index (χ0v) is 31.2. The summed E-state index contributed by atoms with van der Waals surface area (Å²) in [4.78, 5) is 27.7. The third-order valence-corrected chi connectivity index (χ3v) is 15.2. The van der Waals surface area contributed by atoms with Gasteiger partial charge < -0.3 is 9.16 Å². The van der Waals surface area contributed by atoms with Gasteiger partial charge in [0.05, 0.1) is 12.1 Å². The van der Waals surface area contributed by atoms with Crippen molar-refractivity contribution in [1.29, 1.82) is 0 Å². The molecule has 0 unspecified atom stereocenters. The van der Waals surface area contributed by atoms with E-state index in [1.54, 1.807) is 0 Å². The fourth-order valence-electron chi connectivity index (χ4n) is 12.2. The largest absolute Gasteiger partial charge is 0.447 e. The van der Waals surface area contributed by atoms with Crippen LogP contribution in [0.15, 0.2) is 30.3 Å². The zero-order chi connectivity index (χ0) is 33.0. The Morgan fingerprint density at radius 1 is 1.02 bits per heavy atom. The molecule has 1 aliphatic heterocycles. The van der Waals surface area contributed by atoms with E-state index in [9.17, 15) is 9.59 Å². The molecule has 0 N–H and O–H groups in total. The number of cyclic esters (lactones) is 1. The zero-order valence-electron chi connectivity index (χ0n) is 30.2. The molecule has 4 saturated carbocycles. The summed E-state index contributed by atoms with van der Waals surface area (Å²) in [6, 6.07) is 9.91. The van der Waals surface area contributed by atoms with Crippen molar-refractivity contribution in [3.8, 4) is 0 Å². The Bertz CT molecular complexity index is 1250. The number of carbonyl (C=O) groups excluding carboxylic acids is 2. The molecule has 5 nitrogen and oxygen atoms in total. The first-order chi connectivity index (χ1) is 21.8. The Hall–Kier alpha value is -1.66. The predicted molar refractivity (Wildman–Crippen MR) is 188 cm³/mol. The number of rotatable bonds is 9. The summed E-state index contributed by atoms with van der Waals surface area (Å²) in [6.45, 7) is 20.2. The number of ether oxygens (including phenoxy) is 1. The van der Waals surface area contributed by atoms with Crippen molar-refractivity contribution in [2.45, 2.75) is 137 Å². The van der Waals surface area contributed by atoms with Crippen molar-refractivity contribution in [2.75, 3.05) is 6.61 Å². The van der Waals surface area contributed by atoms with Crippen LogP contribution in [0.5, 0.6) is 0 Å². The van der Waals surface area contributed by atoms with Gasteiger partial charge in [0.15, 0.2) is 8.32 Å². The molecule has 1 heterocycles. The van der Waals surface area contributed by atoms with E-state index >= 15 is 0 Å². The van der Waals surface area contributed by atoms with E-state index in [0.717, 1.165) is 29.7 Å². The van der Waals surface area contributed by atoms with Crippen molar-refractivity contribution in [3.05, 3.63) is 35.9 Å². The highest BCUT2D eigenvalue weighted by Crippen LogP contribution is 2.70. The Morgan fingerprint density at radius 3 is 2.41 bits per heavy atom. The molecule has 2 amide bonds. The molecule has 12 atom stereocenters. The lowest BCUT2D eigenvalue weighted by molar-refractivity contribution is -0.193. The van der Waals surface area contributed by atoms with Gasteiger partial charge in [0.2, 0.25) is 5.91 Å². The average molecular weight is 650 g/mol. The lowest BCUT2D eigenvalue weighted by Crippen LogP contribution is -2.63. The van der Waals surface area contributed by atoms with E-state index in [1.165, 1.54) is 56.3 Å². The van der Waals surface area contributed by atoms with E-state index < -0.39 is 14.4 Å². The minimum Gasteiger partial charge on any atom is -0.447 e. The molecule has 1 aromatic rings. The molecule has 0 aromatic heterocycles. The first-order valence-electron chi connectivity index (χ1n) is 19.0. The number of benzene rings is 1. The minimum atomic E-state index is -1.74. The maximum Gasteiger partial charge on any atom is 0.416 e. The quantitative estimate of drug-likeness (QED) is 0.250. The summed E-state index contributed by atoms with van der Waals surface area (Å²) in [7, 11) is -1.74. The second-order valence-electron chi connectivity index (χ2n) is 18.0. The summed E-state index contributed by atoms with van der Waals surface area (Å²) in [5.41, 5.74) is 1.86. The van der Waals surface area contributed by atoms with Gasteiger partial charge in [0.1, 0.15) is 6.61 Å². The summed E-state index contributed by atoms with van der Waals surface area (Å²) < 4.78 is 12.8. The molecule has 1 aromatic carbocycles. The number of nitrogens with zero attached hydrogens (tertiary/aromatic N) is 1. The predicted octanol–water partition coefficient (Wildman–Crippen LogP) is 9.75. The molecule has 1 saturated heterocycles. The van der Waals surface area contributed by atoms with E-state index in [2.05, 4.69) is 66.4 Å². The number of amides is 2. The van der Waals surface area contributed by atoms with Crippen LogP contribution in [0, 0.1) is 58.2 Å². The molecule has 4 aliphatic carbocycles. The van der Waals surface area contributed by atoms with Crippen molar-refractivity contribution >= 4 is 20.3 Å². The summed E-state index contributed by atoms with van der Waals surface area (Å²) in [5.74, 6) is 5.41. The first-order valence-corrected chi connectivity index (χ1v) is 22.4. The maximum absolute atomic E-state index is 13.6. The molecular formula is C40H63NO4Si. The molecule has 46 heavy (non-hydrogen) atoms. The van der Waals surface area contributed by atoms with Crippen molar-refractivity contribution in [1.82, 2.24) is 4.90 Å². The highest BCUT2D eigenvalue weighted by molar-refractivity contribution is 6.69. The van der Waals surface area contributed by atoms with Crippen LogP contribution in [0.25, 0.3) is 0 Å². The van der Waals surface area contributed by atoms with Crippen molar-refractivity contribution < 1.29 is 18.8 Å². The summed E-state index contributed by atoms with van der Waals surface area (Å²) in [5, 5.41) is 0. The van der Waals surface area contributed by atoms with Crippen molar-refractivity contribution in [3.63, 3.8) is 0 Å². The molecule has 0 bridgehead atoms.